The van der Waals surface area contributed by atoms with E-state index in [2.05, 4.69) is 72.7 Å². The van der Waals surface area contributed by atoms with Crippen LogP contribution in [0.3, 0.4) is 0 Å². The zero-order valence-electron chi connectivity index (χ0n) is 56.9. The molecule has 0 aliphatic carbocycles. The molecule has 6 heterocycles. The molecule has 37 nitrogen and oxygen atoms in total. The molecule has 100 heavy (non-hydrogen) atoms. The molecular formula is C63H88N20O17. The number of carbonyl (C=O) groups excluding carboxylic acids is 10. The molecule has 0 radical (unpaired) electrons. The fourth-order valence-electron chi connectivity index (χ4n) is 9.60. The van der Waals surface area contributed by atoms with E-state index in [9.17, 15) is 47.9 Å². The average molecular weight is 1400 g/mol. The maximum absolute atomic E-state index is 13.3. The largest absolute Gasteiger partial charge is 0.491 e. The molecule has 1 saturated heterocycles. The summed E-state index contributed by atoms with van der Waals surface area (Å²) in [6.07, 6.45) is 8.62. The molecule has 0 bridgehead atoms. The van der Waals surface area contributed by atoms with Gasteiger partial charge in [0.1, 0.15) is 24.7 Å². The lowest BCUT2D eigenvalue weighted by molar-refractivity contribution is -0.138. The molecule has 0 spiro atoms. The van der Waals surface area contributed by atoms with Gasteiger partial charge in [-0.25, -0.2) is 19.9 Å². The van der Waals surface area contributed by atoms with Crippen LogP contribution < -0.4 is 52.6 Å². The minimum Gasteiger partial charge on any atom is -0.491 e. The van der Waals surface area contributed by atoms with Gasteiger partial charge >= 0.3 is 0 Å². The third-order valence-electron chi connectivity index (χ3n) is 14.7. The Balaban J connectivity index is 0.641. The molecule has 1 aliphatic heterocycles. The van der Waals surface area contributed by atoms with Gasteiger partial charge in [-0.1, -0.05) is 0 Å². The number of piperazine rings is 1. The van der Waals surface area contributed by atoms with E-state index in [4.69, 9.17) is 33.2 Å². The number of ether oxygens (including phenoxy) is 7. The summed E-state index contributed by atoms with van der Waals surface area (Å²) in [5, 5.41) is 23.8. The van der Waals surface area contributed by atoms with Crippen molar-refractivity contribution < 1.29 is 81.1 Å². The maximum Gasteiger partial charge on any atom is 0.292 e. The summed E-state index contributed by atoms with van der Waals surface area (Å²) in [5.41, 5.74) is 1.12. The maximum atomic E-state index is 13.3. The van der Waals surface area contributed by atoms with Gasteiger partial charge in [0.15, 0.2) is 23.3 Å². The second kappa shape index (κ2) is 40.4. The van der Waals surface area contributed by atoms with Crippen LogP contribution in [0.4, 0.5) is 28.8 Å². The van der Waals surface area contributed by atoms with Gasteiger partial charge in [-0.15, -0.1) is 0 Å². The number of carbonyl (C=O) groups is 10. The van der Waals surface area contributed by atoms with E-state index in [0.717, 1.165) is 19.6 Å². The lowest BCUT2D eigenvalue weighted by atomic mass is 10.3. The van der Waals surface area contributed by atoms with Crippen molar-refractivity contribution in [3.05, 3.63) is 96.5 Å². The van der Waals surface area contributed by atoms with E-state index in [1.807, 2.05) is 0 Å². The number of anilines is 5. The number of aromatic nitrogens is 9. The highest BCUT2D eigenvalue weighted by atomic mass is 16.6. The Labute approximate surface area is 576 Å². The monoisotopic (exact) mass is 1400 g/mol. The minimum absolute atomic E-state index is 0.00298. The van der Waals surface area contributed by atoms with Crippen molar-refractivity contribution in [3.63, 3.8) is 0 Å². The number of rotatable bonds is 43. The van der Waals surface area contributed by atoms with E-state index < -0.39 is 41.4 Å². The number of amides is 10. The normalized spacial score (nSPS) is 12.2. The Morgan fingerprint density at radius 1 is 0.430 bits per heavy atom. The highest BCUT2D eigenvalue weighted by Crippen LogP contribution is 2.18. The molecule has 9 N–H and O–H groups in total. The number of benzene rings is 1. The molecule has 0 atom stereocenters. The topological polar surface area (TPSA) is 426 Å². The molecule has 1 aromatic carbocycles. The lowest BCUT2D eigenvalue weighted by Gasteiger charge is -2.34. The van der Waals surface area contributed by atoms with Crippen LogP contribution in [-0.4, -0.2) is 256 Å². The van der Waals surface area contributed by atoms with Crippen LogP contribution in [-0.2, 0) is 87.6 Å². The zero-order valence-corrected chi connectivity index (χ0v) is 56.9. The average Bonchev–Trinajstić information content (AvgIpc) is 1.70. The summed E-state index contributed by atoms with van der Waals surface area (Å²) in [6.45, 7) is 9.50. The van der Waals surface area contributed by atoms with Crippen molar-refractivity contribution in [3.8, 4) is 5.75 Å². The molecular weight excluding hydrogens is 1310 g/mol. The number of nitrogens with zero attached hydrogens (tertiary/aromatic N) is 11. The van der Waals surface area contributed by atoms with Crippen LogP contribution in [0, 0.1) is 0 Å². The van der Waals surface area contributed by atoms with Crippen LogP contribution in [0.5, 0.6) is 5.75 Å². The van der Waals surface area contributed by atoms with Crippen molar-refractivity contribution in [1.29, 1.82) is 0 Å². The van der Waals surface area contributed by atoms with Crippen molar-refractivity contribution >= 4 is 87.9 Å². The van der Waals surface area contributed by atoms with Crippen LogP contribution in [0.15, 0.2) is 67.5 Å². The highest BCUT2D eigenvalue weighted by molar-refractivity contribution is 6.04. The smallest absolute Gasteiger partial charge is 0.292 e. The predicted molar refractivity (Wildman–Crippen MR) is 359 cm³/mol. The summed E-state index contributed by atoms with van der Waals surface area (Å²) in [5.74, 6) is -3.29. The fraction of sp³-hybridized carbons (Fsp3) is 0.492. The second-order valence-electron chi connectivity index (χ2n) is 22.5. The van der Waals surface area contributed by atoms with Gasteiger partial charge in [-0.05, 0) is 30.3 Å². The van der Waals surface area contributed by atoms with Gasteiger partial charge in [-0.3, -0.25) is 52.8 Å². The Hall–Kier alpha value is -10.4. The Morgan fingerprint density at radius 3 is 1.45 bits per heavy atom. The summed E-state index contributed by atoms with van der Waals surface area (Å²) >= 11 is 0. The van der Waals surface area contributed by atoms with E-state index >= 15 is 0 Å². The predicted octanol–water partition coefficient (Wildman–Crippen LogP) is -0.502. The van der Waals surface area contributed by atoms with Crippen molar-refractivity contribution in [2.24, 2.45) is 35.2 Å². The first-order valence-electron chi connectivity index (χ1n) is 32.2. The first-order valence-corrected chi connectivity index (χ1v) is 32.2. The molecule has 0 unspecified atom stereocenters. The molecule has 5 aromatic heterocycles. The van der Waals surface area contributed by atoms with Crippen molar-refractivity contribution in [2.45, 2.75) is 26.2 Å². The van der Waals surface area contributed by atoms with Crippen LogP contribution in [0.2, 0.25) is 0 Å². The van der Waals surface area contributed by atoms with Gasteiger partial charge in [0, 0.05) is 163 Å². The van der Waals surface area contributed by atoms with Gasteiger partial charge in [0.2, 0.25) is 47.0 Å². The van der Waals surface area contributed by atoms with Gasteiger partial charge in [0.05, 0.1) is 78.4 Å². The van der Waals surface area contributed by atoms with Crippen LogP contribution >= 0.6 is 0 Å². The minimum atomic E-state index is -0.646. The lowest BCUT2D eigenvalue weighted by Crippen LogP contribution is -2.50. The zero-order chi connectivity index (χ0) is 71.8. The van der Waals surface area contributed by atoms with E-state index in [1.54, 1.807) is 70.6 Å². The van der Waals surface area contributed by atoms with Gasteiger partial charge < -0.3 is 109 Å². The first-order chi connectivity index (χ1) is 48.2. The third-order valence-corrected chi connectivity index (χ3v) is 14.7. The standard InChI is InChI=1S/C63H88N20O17/c1-43(84)69-44-7-9-46(10-8-44)100-36-35-98-32-31-97-33-34-99-42-54(88)83-22-20-82(21-23-83)24-26-95-28-30-96-29-27-94-25-18-64-51(85)11-14-67-60(90)56-73-48(39-79(56)4)71-52(86)12-15-66-59(89)47-37-45(38-78(47)3)70-63(93)58-74-49(40-81(58)6)72-53(87)13-16-68-61(91)57-75-50(41-80(57)5)76-62(92)55-65-17-19-77(55)2/h7-10,17,19,37-41H,11-16,18,20-36,42H2,1-6H3,(H,64,85)(H,66,89)(H,67,90)(H,68,91)(H,69,84)(H,70,93)(H,71,86)(H,72,87)(H,76,92). The van der Waals surface area contributed by atoms with Crippen LogP contribution in [0.1, 0.15) is 79.2 Å². The quantitative estimate of drug-likeness (QED) is 0.0218. The van der Waals surface area contributed by atoms with Crippen molar-refractivity contribution in [1.82, 2.24) is 73.8 Å². The molecule has 1 aliphatic rings. The Morgan fingerprint density at radius 2 is 0.910 bits per heavy atom. The van der Waals surface area contributed by atoms with E-state index in [-0.39, 0.29) is 129 Å². The van der Waals surface area contributed by atoms with Crippen LogP contribution in [0.25, 0.3) is 0 Å². The molecule has 1 fully saturated rings. The Kier molecular flexibility index (Phi) is 31.1. The second-order valence-corrected chi connectivity index (χ2v) is 22.5. The Bertz CT molecular complexity index is 3700. The molecule has 542 valence electrons. The molecule has 0 saturated carbocycles. The SMILES string of the molecule is CC(=O)Nc1ccc(OCCOCCOCCOCC(=O)N2CCN(CCOCCOCCOCCNC(=O)CCNC(=O)c3nc(NC(=O)CCNC(=O)c4cc(NC(=O)c5nc(NC(=O)CCNC(=O)c6nc(NC(=O)c7nccn7C)cn6C)cn5C)cn4C)cn3C)CC2)cc1. The molecule has 10 amide bonds. The number of imidazole rings is 4. The van der Waals surface area contributed by atoms with Gasteiger partial charge in [0.25, 0.3) is 29.5 Å². The van der Waals surface area contributed by atoms with E-state index in [1.165, 1.54) is 66.8 Å². The van der Waals surface area contributed by atoms with Gasteiger partial charge in [-0.2, -0.15) is 0 Å². The summed E-state index contributed by atoms with van der Waals surface area (Å²) < 4.78 is 46.3. The summed E-state index contributed by atoms with van der Waals surface area (Å²) in [7, 11) is 7.95. The number of hydrogen-bond donors (Lipinski definition) is 9. The van der Waals surface area contributed by atoms with Crippen molar-refractivity contribution in [2.75, 3.05) is 171 Å². The molecule has 6 aromatic rings. The van der Waals surface area contributed by atoms with E-state index in [0.29, 0.717) is 97.2 Å². The number of hydrogen-bond acceptors (Lipinski definition) is 22. The first kappa shape index (κ1) is 76.9. The summed E-state index contributed by atoms with van der Waals surface area (Å²) in [6, 6.07) is 8.51. The molecule has 37 heteroatoms. The highest BCUT2D eigenvalue weighted by Gasteiger charge is 2.24. The summed E-state index contributed by atoms with van der Waals surface area (Å²) in [4.78, 5) is 147. The number of aryl methyl sites for hydroxylation is 5. The third kappa shape index (κ3) is 26.1. The number of nitrogens with one attached hydrogen (secondary N) is 9. The fourth-order valence-corrected chi connectivity index (χ4v) is 9.60. The molecule has 7 rings (SSSR count).